The Labute approximate surface area is 211 Å². The molecule has 1 unspecified atom stereocenters. The smallest absolute Gasteiger partial charge is 0.471 e. The molecule has 1 heterocycles. The minimum atomic E-state index is -5.13. The Balaban J connectivity index is 1.55. The Morgan fingerprint density at radius 1 is 1.22 bits per heavy atom. The summed E-state index contributed by atoms with van der Waals surface area (Å²) in [5.41, 5.74) is -0.317. The van der Waals surface area contributed by atoms with E-state index in [2.05, 4.69) is 9.71 Å². The van der Waals surface area contributed by atoms with Gasteiger partial charge in [0.05, 0.1) is 11.1 Å². The number of amides is 1. The van der Waals surface area contributed by atoms with Gasteiger partial charge in [-0.2, -0.15) is 13.2 Å². The first-order valence-electron chi connectivity index (χ1n) is 11.6. The van der Waals surface area contributed by atoms with Crippen molar-refractivity contribution >= 4 is 45.4 Å². The third kappa shape index (κ3) is 4.28. The topological polar surface area (TPSA) is 131 Å². The lowest BCUT2D eigenvalue weighted by molar-refractivity contribution is -0.167. The molecule has 37 heavy (non-hydrogen) atoms. The SMILES string of the molecule is CC1(CC2CCC2)C(=O)C(C2=NS(O)(O)c3cc(NC(=O)C(F)(F)F)ccc3N2)=C(O)c2ccccc21. The summed E-state index contributed by atoms with van der Waals surface area (Å²) in [5.74, 6) is -2.91. The fourth-order valence-corrected chi connectivity index (χ4v) is 6.26. The summed E-state index contributed by atoms with van der Waals surface area (Å²) in [6.07, 6.45) is -1.49. The highest BCUT2D eigenvalue weighted by atomic mass is 32.3. The monoisotopic (exact) mass is 535 g/mol. The minimum Gasteiger partial charge on any atom is -0.506 e. The summed E-state index contributed by atoms with van der Waals surface area (Å²) < 4.78 is 63.4. The molecule has 12 heteroatoms. The maximum Gasteiger partial charge on any atom is 0.471 e. The van der Waals surface area contributed by atoms with E-state index in [-0.39, 0.29) is 33.4 Å². The highest BCUT2D eigenvalue weighted by Crippen LogP contribution is 2.57. The average molecular weight is 536 g/mol. The summed E-state index contributed by atoms with van der Waals surface area (Å²) in [6.45, 7) is 1.81. The third-order valence-electron chi connectivity index (χ3n) is 7.16. The van der Waals surface area contributed by atoms with Crippen molar-refractivity contribution in [3.8, 4) is 0 Å². The van der Waals surface area contributed by atoms with E-state index in [4.69, 9.17) is 0 Å². The number of carbonyl (C=O) groups excluding carboxylic acids is 2. The average Bonchev–Trinajstić information content (AvgIpc) is 2.80. The molecular formula is C25H24F3N3O5S. The summed E-state index contributed by atoms with van der Waals surface area (Å²) >= 11 is 0. The summed E-state index contributed by atoms with van der Waals surface area (Å²) in [4.78, 5) is 25.0. The zero-order chi connectivity index (χ0) is 26.8. The van der Waals surface area contributed by atoms with Crippen molar-refractivity contribution in [2.45, 2.75) is 49.1 Å². The van der Waals surface area contributed by atoms with Gasteiger partial charge in [0, 0.05) is 11.3 Å². The number of Topliss-reactive ketones (excluding diaryl/α,β-unsaturated/α-hetero) is 1. The van der Waals surface area contributed by atoms with E-state index < -0.39 is 34.1 Å². The van der Waals surface area contributed by atoms with Crippen molar-refractivity contribution < 1.29 is 37.0 Å². The van der Waals surface area contributed by atoms with Gasteiger partial charge in [-0.1, -0.05) is 54.3 Å². The van der Waals surface area contributed by atoms with Crippen LogP contribution in [0.3, 0.4) is 0 Å². The normalized spacial score (nSPS) is 23.7. The van der Waals surface area contributed by atoms with Crippen molar-refractivity contribution in [2.75, 3.05) is 10.6 Å². The predicted octanol–water partition coefficient (Wildman–Crippen LogP) is 6.04. The van der Waals surface area contributed by atoms with Crippen LogP contribution in [0.1, 0.15) is 43.7 Å². The van der Waals surface area contributed by atoms with Gasteiger partial charge in [-0.15, -0.1) is 4.40 Å². The number of aliphatic hydroxyl groups excluding tert-OH is 1. The van der Waals surface area contributed by atoms with Gasteiger partial charge in [-0.3, -0.25) is 18.7 Å². The number of alkyl halides is 3. The van der Waals surface area contributed by atoms with Gasteiger partial charge in [0.25, 0.3) is 0 Å². The molecule has 2 aromatic carbocycles. The number of anilines is 2. The summed E-state index contributed by atoms with van der Waals surface area (Å²) in [7, 11) is -4.02. The lowest BCUT2D eigenvalue weighted by atomic mass is 9.63. The van der Waals surface area contributed by atoms with E-state index in [1.165, 1.54) is 6.07 Å². The zero-order valence-corrected chi connectivity index (χ0v) is 20.4. The molecule has 0 saturated heterocycles. The molecule has 0 spiro atoms. The van der Waals surface area contributed by atoms with Gasteiger partial charge in [-0.25, -0.2) is 0 Å². The van der Waals surface area contributed by atoms with Crippen LogP contribution in [0.4, 0.5) is 24.5 Å². The number of hydrogen-bond donors (Lipinski definition) is 5. The van der Waals surface area contributed by atoms with Gasteiger partial charge >= 0.3 is 12.1 Å². The number of aliphatic hydroxyl groups is 1. The molecular weight excluding hydrogens is 511 g/mol. The number of nitrogens with zero attached hydrogens (tertiary/aromatic N) is 1. The number of hydrogen-bond acceptors (Lipinski definition) is 7. The van der Waals surface area contributed by atoms with Crippen LogP contribution >= 0.6 is 10.8 Å². The lowest BCUT2D eigenvalue weighted by Gasteiger charge is -2.41. The van der Waals surface area contributed by atoms with Crippen LogP contribution in [0.15, 0.2) is 57.3 Å². The van der Waals surface area contributed by atoms with E-state index in [0.717, 1.165) is 31.4 Å². The Morgan fingerprint density at radius 3 is 2.57 bits per heavy atom. The second-order valence-electron chi connectivity index (χ2n) is 9.68. The van der Waals surface area contributed by atoms with Crippen molar-refractivity contribution in [1.29, 1.82) is 0 Å². The molecule has 1 atom stereocenters. The molecule has 0 aromatic heterocycles. The Bertz CT molecular complexity index is 1380. The molecule has 196 valence electrons. The molecule has 0 bridgehead atoms. The van der Waals surface area contributed by atoms with Crippen LogP contribution in [-0.2, 0) is 15.0 Å². The Morgan fingerprint density at radius 2 is 1.92 bits per heavy atom. The van der Waals surface area contributed by atoms with Gasteiger partial charge in [0.1, 0.15) is 16.2 Å². The highest BCUT2D eigenvalue weighted by molar-refractivity contribution is 8.23. The molecule has 5 N–H and O–H groups in total. The molecule has 1 saturated carbocycles. The molecule has 2 aromatic rings. The first-order chi connectivity index (χ1) is 17.3. The van der Waals surface area contributed by atoms with Crippen molar-refractivity contribution in [2.24, 2.45) is 10.3 Å². The molecule has 1 amide bonds. The lowest BCUT2D eigenvalue weighted by Crippen LogP contribution is -2.44. The largest absolute Gasteiger partial charge is 0.506 e. The number of amidine groups is 1. The van der Waals surface area contributed by atoms with Crippen LogP contribution in [0.5, 0.6) is 0 Å². The fourth-order valence-electron chi connectivity index (χ4n) is 5.07. The number of halogens is 3. The van der Waals surface area contributed by atoms with Gasteiger partial charge in [0.15, 0.2) is 11.6 Å². The number of ketones is 1. The number of benzene rings is 2. The Hall–Kier alpha value is -3.35. The van der Waals surface area contributed by atoms with Crippen LogP contribution in [-0.4, -0.2) is 37.9 Å². The number of carbonyl (C=O) groups is 2. The van der Waals surface area contributed by atoms with E-state index in [1.54, 1.807) is 29.6 Å². The maximum absolute atomic E-state index is 13.9. The zero-order valence-electron chi connectivity index (χ0n) is 19.6. The van der Waals surface area contributed by atoms with Crippen LogP contribution in [0.2, 0.25) is 0 Å². The first-order valence-corrected chi connectivity index (χ1v) is 13.1. The second kappa shape index (κ2) is 8.61. The van der Waals surface area contributed by atoms with Crippen LogP contribution in [0.25, 0.3) is 5.76 Å². The van der Waals surface area contributed by atoms with E-state index in [9.17, 15) is 37.0 Å². The van der Waals surface area contributed by atoms with E-state index in [0.29, 0.717) is 23.5 Å². The third-order valence-corrected chi connectivity index (χ3v) is 8.53. The molecule has 2 aliphatic carbocycles. The fraction of sp³-hybridized carbons (Fsp3) is 0.320. The molecule has 1 aliphatic heterocycles. The number of rotatable bonds is 4. The van der Waals surface area contributed by atoms with Crippen molar-refractivity contribution in [3.05, 3.63) is 59.2 Å². The van der Waals surface area contributed by atoms with Crippen molar-refractivity contribution in [3.63, 3.8) is 0 Å². The van der Waals surface area contributed by atoms with Gasteiger partial charge < -0.3 is 15.7 Å². The molecule has 3 aliphatic rings. The number of fused-ring (bicyclic) bond motifs is 2. The molecule has 0 radical (unpaired) electrons. The standard InChI is InChI=1S/C25H24F3N3O5S/c1-24(12-13-5-4-6-13)16-8-3-2-7-15(16)20(32)19(21(24)33)22-30-17-10-9-14(29-23(34)25(26,27)28)11-18(17)37(35,36)31-22/h2-3,7-11,13,32,35-36H,4-6,12H2,1H3,(H,29,34)(H,30,31). The van der Waals surface area contributed by atoms with Crippen LogP contribution < -0.4 is 10.6 Å². The minimum absolute atomic E-state index is 0.0580. The molecule has 1 fully saturated rings. The summed E-state index contributed by atoms with van der Waals surface area (Å²) in [6, 6.07) is 10.3. The van der Waals surface area contributed by atoms with E-state index >= 15 is 0 Å². The first kappa shape index (κ1) is 25.3. The van der Waals surface area contributed by atoms with Gasteiger partial charge in [0.2, 0.25) is 0 Å². The van der Waals surface area contributed by atoms with Crippen LogP contribution in [0, 0.1) is 5.92 Å². The predicted molar refractivity (Wildman–Crippen MR) is 134 cm³/mol. The Kier molecular flexibility index (Phi) is 5.89. The van der Waals surface area contributed by atoms with Gasteiger partial charge in [-0.05, 0) is 43.0 Å². The molecule has 5 rings (SSSR count). The summed E-state index contributed by atoms with van der Waals surface area (Å²) in [5, 5.41) is 15.6. The second-order valence-corrected chi connectivity index (χ2v) is 11.3. The highest BCUT2D eigenvalue weighted by Gasteiger charge is 2.48. The molecule has 8 nitrogen and oxygen atoms in total. The quantitative estimate of drug-likeness (QED) is 0.325. The van der Waals surface area contributed by atoms with Crippen molar-refractivity contribution in [1.82, 2.24) is 0 Å². The maximum atomic E-state index is 13.9. The van der Waals surface area contributed by atoms with E-state index in [1.807, 2.05) is 6.92 Å². The number of nitrogens with one attached hydrogen (secondary N) is 2.